The molecule has 1 N–H and O–H groups in total. The van der Waals surface area contributed by atoms with Crippen LogP contribution in [0.5, 0.6) is 11.5 Å². The first kappa shape index (κ1) is 27.8. The second-order valence-corrected chi connectivity index (χ2v) is 11.4. The minimum atomic E-state index is -0.125. The van der Waals surface area contributed by atoms with Crippen LogP contribution in [0.1, 0.15) is 47.4 Å². The first-order valence-corrected chi connectivity index (χ1v) is 15.1. The molecule has 0 radical (unpaired) electrons. The van der Waals surface area contributed by atoms with Crippen molar-refractivity contribution in [2.24, 2.45) is 0 Å². The lowest BCUT2D eigenvalue weighted by Crippen LogP contribution is -2.34. The molecule has 1 amide bonds. The van der Waals surface area contributed by atoms with E-state index in [2.05, 4.69) is 88.6 Å². The summed E-state index contributed by atoms with van der Waals surface area (Å²) in [6, 6.07) is 35.3. The number of carbonyl (C=O) groups excluding carboxylic acids is 1. The molecule has 1 aliphatic rings. The zero-order valence-corrected chi connectivity index (χ0v) is 24.3. The predicted molar refractivity (Wildman–Crippen MR) is 170 cm³/mol. The smallest absolute Gasteiger partial charge is 0.220 e. The van der Waals surface area contributed by atoms with Gasteiger partial charge in [0.25, 0.3) is 0 Å². The van der Waals surface area contributed by atoms with Gasteiger partial charge in [0.15, 0.2) is 0 Å². The summed E-state index contributed by atoms with van der Waals surface area (Å²) in [6.07, 6.45) is 5.12. The summed E-state index contributed by atoms with van der Waals surface area (Å²) in [6.45, 7) is 6.74. The van der Waals surface area contributed by atoms with E-state index in [9.17, 15) is 4.79 Å². The number of aromatic nitrogens is 1. The highest BCUT2D eigenvalue weighted by Crippen LogP contribution is 2.37. The molecule has 1 atom stereocenters. The lowest BCUT2D eigenvalue weighted by Gasteiger charge is -2.19. The van der Waals surface area contributed by atoms with E-state index < -0.39 is 0 Å². The summed E-state index contributed by atoms with van der Waals surface area (Å²) in [5, 5.41) is 4.39. The Bertz CT molecular complexity index is 1620. The summed E-state index contributed by atoms with van der Waals surface area (Å²) in [5.74, 6) is 1.51. The molecule has 1 aliphatic heterocycles. The predicted octanol–water partition coefficient (Wildman–Crippen LogP) is 7.52. The van der Waals surface area contributed by atoms with Crippen molar-refractivity contribution < 1.29 is 9.53 Å². The van der Waals surface area contributed by atoms with Crippen LogP contribution < -0.4 is 10.1 Å². The van der Waals surface area contributed by atoms with E-state index in [1.165, 1.54) is 34.9 Å². The standard InChI is InChI=1S/C37H39N3O2/c1-28-16-18-29(19-17-28)26-40-27-35(33-14-5-6-15-36(33)40)34(25-37(41)38-20-23-39-21-7-8-22-39)30-10-9-13-32(24-30)42-31-11-3-2-4-12-31/h2-6,9-19,24,27,34H,7-8,20-23,25-26H2,1H3,(H,38,41)/t34-/m1/s1. The molecule has 1 saturated heterocycles. The van der Waals surface area contributed by atoms with Crippen molar-refractivity contribution in [2.75, 3.05) is 26.2 Å². The Morgan fingerprint density at radius 1 is 0.857 bits per heavy atom. The van der Waals surface area contributed by atoms with Crippen molar-refractivity contribution >= 4 is 16.8 Å². The molecular formula is C37H39N3O2. The number of likely N-dealkylation sites (tertiary alicyclic amines) is 1. The maximum absolute atomic E-state index is 13.4. The van der Waals surface area contributed by atoms with Gasteiger partial charge in [0.05, 0.1) is 0 Å². The Hall–Kier alpha value is -4.35. The highest BCUT2D eigenvalue weighted by molar-refractivity contribution is 5.87. The molecule has 5 heteroatoms. The molecule has 1 fully saturated rings. The van der Waals surface area contributed by atoms with Crippen LogP contribution in [0.15, 0.2) is 109 Å². The minimum Gasteiger partial charge on any atom is -0.457 e. The number of nitrogens with zero attached hydrogens (tertiary/aromatic N) is 2. The van der Waals surface area contributed by atoms with Crippen LogP contribution in [0.3, 0.4) is 0 Å². The molecule has 2 heterocycles. The van der Waals surface area contributed by atoms with Crippen molar-refractivity contribution in [3.63, 3.8) is 0 Å². The van der Waals surface area contributed by atoms with Gasteiger partial charge in [-0.3, -0.25) is 4.79 Å². The summed E-state index contributed by atoms with van der Waals surface area (Å²) in [5.41, 5.74) is 5.90. The highest BCUT2D eigenvalue weighted by atomic mass is 16.5. The lowest BCUT2D eigenvalue weighted by molar-refractivity contribution is -0.121. The maximum Gasteiger partial charge on any atom is 0.220 e. The van der Waals surface area contributed by atoms with Gasteiger partial charge in [0.1, 0.15) is 11.5 Å². The molecule has 42 heavy (non-hydrogen) atoms. The molecule has 6 rings (SSSR count). The maximum atomic E-state index is 13.4. The molecule has 0 bridgehead atoms. The van der Waals surface area contributed by atoms with E-state index in [1.807, 2.05) is 42.5 Å². The van der Waals surface area contributed by atoms with Crippen LogP contribution >= 0.6 is 0 Å². The molecule has 4 aromatic carbocycles. The normalized spacial score (nSPS) is 14.2. The van der Waals surface area contributed by atoms with E-state index in [-0.39, 0.29) is 11.8 Å². The van der Waals surface area contributed by atoms with Crippen molar-refractivity contribution in [3.8, 4) is 11.5 Å². The molecule has 0 spiro atoms. The van der Waals surface area contributed by atoms with Gasteiger partial charge in [-0.2, -0.15) is 0 Å². The van der Waals surface area contributed by atoms with Gasteiger partial charge >= 0.3 is 0 Å². The molecule has 0 saturated carbocycles. The summed E-state index contributed by atoms with van der Waals surface area (Å²) in [7, 11) is 0. The molecule has 5 nitrogen and oxygen atoms in total. The molecule has 0 unspecified atom stereocenters. The first-order chi connectivity index (χ1) is 20.6. The van der Waals surface area contributed by atoms with Gasteiger partial charge in [-0.15, -0.1) is 0 Å². The Balaban J connectivity index is 1.32. The Morgan fingerprint density at radius 2 is 1.60 bits per heavy atom. The van der Waals surface area contributed by atoms with Crippen LogP contribution in [0.2, 0.25) is 0 Å². The topological polar surface area (TPSA) is 46.5 Å². The number of nitrogens with one attached hydrogen (secondary N) is 1. The third kappa shape index (κ3) is 6.75. The van der Waals surface area contributed by atoms with Crippen LogP contribution in [-0.4, -0.2) is 41.6 Å². The monoisotopic (exact) mass is 557 g/mol. The number of para-hydroxylation sites is 2. The number of carbonyl (C=O) groups is 1. The van der Waals surface area contributed by atoms with Crippen molar-refractivity contribution in [1.29, 1.82) is 0 Å². The second-order valence-electron chi connectivity index (χ2n) is 11.4. The number of ether oxygens (including phenoxy) is 1. The third-order valence-electron chi connectivity index (χ3n) is 8.25. The zero-order chi connectivity index (χ0) is 28.7. The largest absolute Gasteiger partial charge is 0.457 e. The van der Waals surface area contributed by atoms with Crippen LogP contribution in [0.4, 0.5) is 0 Å². The average Bonchev–Trinajstić information content (AvgIpc) is 3.66. The second kappa shape index (κ2) is 13.1. The fourth-order valence-electron chi connectivity index (χ4n) is 6.02. The van der Waals surface area contributed by atoms with E-state index in [4.69, 9.17) is 4.74 Å². The summed E-state index contributed by atoms with van der Waals surface area (Å²) >= 11 is 0. The van der Waals surface area contributed by atoms with E-state index >= 15 is 0 Å². The Kier molecular flexibility index (Phi) is 8.67. The Labute approximate surface area is 248 Å². The zero-order valence-electron chi connectivity index (χ0n) is 24.3. The summed E-state index contributed by atoms with van der Waals surface area (Å²) < 4.78 is 8.52. The highest BCUT2D eigenvalue weighted by Gasteiger charge is 2.24. The minimum absolute atomic E-state index is 0.0731. The van der Waals surface area contributed by atoms with Gasteiger partial charge in [0.2, 0.25) is 5.91 Å². The number of aryl methyl sites for hydroxylation is 1. The number of fused-ring (bicyclic) bond motifs is 1. The van der Waals surface area contributed by atoms with Crippen LogP contribution in [0.25, 0.3) is 10.9 Å². The number of hydrogen-bond acceptors (Lipinski definition) is 3. The fourth-order valence-corrected chi connectivity index (χ4v) is 6.02. The van der Waals surface area contributed by atoms with E-state index in [0.717, 1.165) is 48.8 Å². The SMILES string of the molecule is Cc1ccc(Cn2cc([C@H](CC(=O)NCCN3CCCC3)c3cccc(Oc4ccccc4)c3)c3ccccc32)cc1. The van der Waals surface area contributed by atoms with Gasteiger partial charge in [-0.25, -0.2) is 0 Å². The Morgan fingerprint density at radius 3 is 2.40 bits per heavy atom. The van der Waals surface area contributed by atoms with Gasteiger partial charge in [-0.05, 0) is 79.9 Å². The molecule has 1 aromatic heterocycles. The average molecular weight is 558 g/mol. The summed E-state index contributed by atoms with van der Waals surface area (Å²) in [4.78, 5) is 15.9. The quantitative estimate of drug-likeness (QED) is 0.183. The van der Waals surface area contributed by atoms with E-state index in [0.29, 0.717) is 13.0 Å². The molecule has 5 aromatic rings. The molecule has 214 valence electrons. The van der Waals surface area contributed by atoms with Crippen molar-refractivity contribution in [3.05, 3.63) is 132 Å². The van der Waals surface area contributed by atoms with Crippen LogP contribution in [0, 0.1) is 6.92 Å². The van der Waals surface area contributed by atoms with Gasteiger partial charge < -0.3 is 19.5 Å². The van der Waals surface area contributed by atoms with Gasteiger partial charge in [0, 0.05) is 49.1 Å². The molecular weight excluding hydrogens is 518 g/mol. The lowest BCUT2D eigenvalue weighted by atomic mass is 9.88. The first-order valence-electron chi connectivity index (χ1n) is 15.1. The van der Waals surface area contributed by atoms with Crippen molar-refractivity contribution in [2.45, 2.75) is 38.6 Å². The number of rotatable bonds is 11. The van der Waals surface area contributed by atoms with E-state index in [1.54, 1.807) is 0 Å². The number of hydrogen-bond donors (Lipinski definition) is 1. The van der Waals surface area contributed by atoms with Gasteiger partial charge in [-0.1, -0.05) is 78.4 Å². The van der Waals surface area contributed by atoms with Crippen LogP contribution in [-0.2, 0) is 11.3 Å². The number of benzene rings is 4. The van der Waals surface area contributed by atoms with Crippen molar-refractivity contribution in [1.82, 2.24) is 14.8 Å². The molecule has 0 aliphatic carbocycles. The third-order valence-corrected chi connectivity index (χ3v) is 8.25. The fraction of sp³-hybridized carbons (Fsp3) is 0.270. The number of amides is 1.